The van der Waals surface area contributed by atoms with Crippen molar-refractivity contribution in [2.45, 2.75) is 19.4 Å². The van der Waals surface area contributed by atoms with E-state index in [1.54, 1.807) is 45.6 Å². The first-order chi connectivity index (χ1) is 14.8. The van der Waals surface area contributed by atoms with E-state index in [1.807, 2.05) is 25.1 Å². The van der Waals surface area contributed by atoms with Gasteiger partial charge in [-0.15, -0.1) is 0 Å². The fourth-order valence-electron chi connectivity index (χ4n) is 3.25. The molecule has 0 radical (unpaired) electrons. The van der Waals surface area contributed by atoms with Gasteiger partial charge in [-0.3, -0.25) is 4.79 Å². The second-order valence-electron chi connectivity index (χ2n) is 7.43. The third-order valence-corrected chi connectivity index (χ3v) is 5.56. The van der Waals surface area contributed by atoms with Gasteiger partial charge in [-0.2, -0.15) is 0 Å². The summed E-state index contributed by atoms with van der Waals surface area (Å²) < 4.78 is 16.2. The van der Waals surface area contributed by atoms with Gasteiger partial charge in [0.25, 0.3) is 0 Å². The summed E-state index contributed by atoms with van der Waals surface area (Å²) in [5.74, 6) is 1.54. The highest BCUT2D eigenvalue weighted by Gasteiger charge is 2.19. The van der Waals surface area contributed by atoms with Gasteiger partial charge in [0.15, 0.2) is 11.5 Å². The molecule has 2 aromatic rings. The Morgan fingerprint density at radius 3 is 2.03 bits per heavy atom. The van der Waals surface area contributed by atoms with Gasteiger partial charge >= 0.3 is 0 Å². The van der Waals surface area contributed by atoms with Crippen molar-refractivity contribution in [1.29, 1.82) is 0 Å². The molecule has 0 bridgehead atoms. The Labute approximate surface area is 194 Å². The van der Waals surface area contributed by atoms with Crippen molar-refractivity contribution in [3.8, 4) is 17.2 Å². The lowest BCUT2D eigenvalue weighted by molar-refractivity contribution is -0.131. The second-order valence-corrected chi connectivity index (χ2v) is 8.25. The summed E-state index contributed by atoms with van der Waals surface area (Å²) in [4.78, 5) is 17.2. The molecule has 6 nitrogen and oxygen atoms in total. The van der Waals surface area contributed by atoms with E-state index >= 15 is 0 Å². The highest BCUT2D eigenvalue weighted by atomic mass is 35.5. The molecular weight excluding hydrogens is 439 g/mol. The molecule has 2 rings (SSSR count). The summed E-state index contributed by atoms with van der Waals surface area (Å²) in [5, 5.41) is 0.970. The molecule has 0 saturated carbocycles. The van der Waals surface area contributed by atoms with Crippen LogP contribution in [-0.4, -0.2) is 64.2 Å². The summed E-state index contributed by atoms with van der Waals surface area (Å²) >= 11 is 12.2. The Morgan fingerprint density at radius 1 is 0.871 bits per heavy atom. The summed E-state index contributed by atoms with van der Waals surface area (Å²) in [6, 6.07) is 9.04. The van der Waals surface area contributed by atoms with Crippen LogP contribution in [0.3, 0.4) is 0 Å². The first kappa shape index (κ1) is 25.1. The summed E-state index contributed by atoms with van der Waals surface area (Å²) in [6.45, 7) is 1.96. The minimum absolute atomic E-state index is 0.000832. The molecule has 0 saturated heterocycles. The number of carbonyl (C=O) groups is 1. The van der Waals surface area contributed by atoms with E-state index in [0.29, 0.717) is 40.4 Å². The number of rotatable bonds is 11. The van der Waals surface area contributed by atoms with Crippen molar-refractivity contribution < 1.29 is 19.0 Å². The van der Waals surface area contributed by atoms with E-state index in [9.17, 15) is 4.79 Å². The Kier molecular flexibility index (Phi) is 9.75. The molecule has 0 N–H and O–H groups in total. The van der Waals surface area contributed by atoms with Gasteiger partial charge in [0.1, 0.15) is 0 Å². The monoisotopic (exact) mass is 468 g/mol. The quantitative estimate of drug-likeness (QED) is 0.484. The molecule has 31 heavy (non-hydrogen) atoms. The maximum Gasteiger partial charge on any atom is 0.227 e. The first-order valence-electron chi connectivity index (χ1n) is 9.94. The van der Waals surface area contributed by atoms with Crippen molar-refractivity contribution in [3.05, 3.63) is 51.5 Å². The lowest BCUT2D eigenvalue weighted by Gasteiger charge is -2.24. The molecule has 0 aliphatic rings. The topological polar surface area (TPSA) is 51.2 Å². The van der Waals surface area contributed by atoms with Crippen LogP contribution < -0.4 is 14.2 Å². The molecule has 0 aliphatic heterocycles. The van der Waals surface area contributed by atoms with Gasteiger partial charge in [-0.1, -0.05) is 29.3 Å². The average Bonchev–Trinajstić information content (AvgIpc) is 2.74. The predicted octanol–water partition coefficient (Wildman–Crippen LogP) is 4.54. The van der Waals surface area contributed by atoms with Crippen LogP contribution >= 0.6 is 23.2 Å². The molecule has 0 unspecified atom stereocenters. The van der Waals surface area contributed by atoms with Gasteiger partial charge in [0.05, 0.1) is 37.8 Å². The van der Waals surface area contributed by atoms with Crippen LogP contribution in [0.2, 0.25) is 10.0 Å². The lowest BCUT2D eigenvalue weighted by Crippen LogP contribution is -2.34. The standard InChI is InChI=1S/C23H30Cl2N2O4/c1-26(2)9-6-10-27(15-16-7-8-18(24)19(25)11-16)22(28)14-17-12-20(29-3)23(31-5)21(13-17)30-4/h7-8,11-13H,6,9-10,14-15H2,1-5H3. The molecule has 1 amide bonds. The van der Waals surface area contributed by atoms with Gasteiger partial charge < -0.3 is 24.0 Å². The van der Waals surface area contributed by atoms with Crippen LogP contribution in [0.25, 0.3) is 0 Å². The Balaban J connectivity index is 2.24. The number of ether oxygens (including phenoxy) is 3. The number of nitrogens with zero attached hydrogens (tertiary/aromatic N) is 2. The van der Waals surface area contributed by atoms with Crippen LogP contribution in [0.4, 0.5) is 0 Å². The number of hydrogen-bond acceptors (Lipinski definition) is 5. The molecule has 170 valence electrons. The molecule has 0 spiro atoms. The molecule has 8 heteroatoms. The van der Waals surface area contributed by atoms with Crippen LogP contribution in [0.15, 0.2) is 30.3 Å². The van der Waals surface area contributed by atoms with E-state index in [-0.39, 0.29) is 12.3 Å². The predicted molar refractivity (Wildman–Crippen MR) is 125 cm³/mol. The highest BCUT2D eigenvalue weighted by molar-refractivity contribution is 6.42. The zero-order valence-corrected chi connectivity index (χ0v) is 20.2. The van der Waals surface area contributed by atoms with E-state index in [4.69, 9.17) is 37.4 Å². The van der Waals surface area contributed by atoms with Crippen LogP contribution in [0, 0.1) is 0 Å². The van der Waals surface area contributed by atoms with Crippen LogP contribution in [0.5, 0.6) is 17.2 Å². The highest BCUT2D eigenvalue weighted by Crippen LogP contribution is 2.38. The fourth-order valence-corrected chi connectivity index (χ4v) is 3.57. The van der Waals surface area contributed by atoms with Crippen molar-refractivity contribution in [2.24, 2.45) is 0 Å². The molecular formula is C23H30Cl2N2O4. The average molecular weight is 469 g/mol. The number of benzene rings is 2. The first-order valence-corrected chi connectivity index (χ1v) is 10.7. The van der Waals surface area contributed by atoms with Gasteiger partial charge in [-0.25, -0.2) is 0 Å². The Hall–Kier alpha value is -2.15. The van der Waals surface area contributed by atoms with Gasteiger partial charge in [-0.05, 0) is 62.5 Å². The second kappa shape index (κ2) is 12.0. The van der Waals surface area contributed by atoms with Crippen LogP contribution in [-0.2, 0) is 17.8 Å². The number of halogens is 2. The third-order valence-electron chi connectivity index (χ3n) is 4.82. The summed E-state index contributed by atoms with van der Waals surface area (Å²) in [5.41, 5.74) is 1.71. The van der Waals surface area contributed by atoms with Crippen molar-refractivity contribution in [1.82, 2.24) is 9.80 Å². The maximum atomic E-state index is 13.2. The number of methoxy groups -OCH3 is 3. The number of carbonyl (C=O) groups excluding carboxylic acids is 1. The Morgan fingerprint density at radius 2 is 1.52 bits per heavy atom. The van der Waals surface area contributed by atoms with Crippen molar-refractivity contribution in [3.63, 3.8) is 0 Å². The van der Waals surface area contributed by atoms with E-state index in [2.05, 4.69) is 4.90 Å². The molecule has 2 aromatic carbocycles. The molecule has 0 heterocycles. The molecule has 0 aliphatic carbocycles. The maximum absolute atomic E-state index is 13.2. The zero-order valence-electron chi connectivity index (χ0n) is 18.7. The normalized spacial score (nSPS) is 10.8. The van der Waals surface area contributed by atoms with E-state index in [0.717, 1.165) is 24.1 Å². The summed E-state index contributed by atoms with van der Waals surface area (Å²) in [6.07, 6.45) is 1.06. The Bertz CT molecular complexity index is 865. The zero-order chi connectivity index (χ0) is 23.0. The lowest BCUT2D eigenvalue weighted by atomic mass is 10.1. The van der Waals surface area contributed by atoms with Crippen molar-refractivity contribution in [2.75, 3.05) is 48.5 Å². The summed E-state index contributed by atoms with van der Waals surface area (Å²) in [7, 11) is 8.69. The van der Waals surface area contributed by atoms with E-state index < -0.39 is 0 Å². The largest absolute Gasteiger partial charge is 0.493 e. The molecule has 0 atom stereocenters. The minimum atomic E-state index is -0.000832. The minimum Gasteiger partial charge on any atom is -0.493 e. The molecule has 0 fully saturated rings. The van der Waals surface area contributed by atoms with Crippen LogP contribution in [0.1, 0.15) is 17.5 Å². The SMILES string of the molecule is COc1cc(CC(=O)N(CCCN(C)C)Cc2ccc(Cl)c(Cl)c2)cc(OC)c1OC. The van der Waals surface area contributed by atoms with E-state index in [1.165, 1.54) is 0 Å². The fraction of sp³-hybridized carbons (Fsp3) is 0.435. The third kappa shape index (κ3) is 7.20. The van der Waals surface area contributed by atoms with Gasteiger partial charge in [0.2, 0.25) is 11.7 Å². The number of hydrogen-bond donors (Lipinski definition) is 0. The molecule has 0 aromatic heterocycles. The van der Waals surface area contributed by atoms with Crippen molar-refractivity contribution >= 4 is 29.1 Å². The smallest absolute Gasteiger partial charge is 0.227 e. The number of amides is 1. The van der Waals surface area contributed by atoms with Gasteiger partial charge in [0, 0.05) is 13.1 Å².